The van der Waals surface area contributed by atoms with Crippen LogP contribution in [0.3, 0.4) is 0 Å². The quantitative estimate of drug-likeness (QED) is 0.227. The molecule has 7 heteroatoms. The molecule has 3 rings (SSSR count). The van der Waals surface area contributed by atoms with Crippen molar-refractivity contribution >= 4 is 28.6 Å². The van der Waals surface area contributed by atoms with Gasteiger partial charge in [-0.15, -0.1) is 0 Å². The zero-order valence-corrected chi connectivity index (χ0v) is 17.4. The molecule has 0 atom stereocenters. The number of ether oxygens (including phenoxy) is 2. The monoisotopic (exact) mass is 412 g/mol. The van der Waals surface area contributed by atoms with Gasteiger partial charge < -0.3 is 9.47 Å². The molecule has 29 heavy (non-hydrogen) atoms. The predicted octanol–water partition coefficient (Wildman–Crippen LogP) is 4.22. The van der Waals surface area contributed by atoms with Gasteiger partial charge in [0, 0.05) is 0 Å². The van der Waals surface area contributed by atoms with Crippen molar-refractivity contribution in [1.29, 1.82) is 0 Å². The van der Waals surface area contributed by atoms with Gasteiger partial charge in [-0.25, -0.2) is 4.98 Å². The van der Waals surface area contributed by atoms with Crippen LogP contribution in [0.15, 0.2) is 58.5 Å². The summed E-state index contributed by atoms with van der Waals surface area (Å²) in [4.78, 5) is 30.0. The summed E-state index contributed by atoms with van der Waals surface area (Å²) in [6.07, 6.45) is 1.79. The highest BCUT2D eigenvalue weighted by molar-refractivity contribution is 7.99. The normalized spacial score (nSPS) is 10.8. The largest absolute Gasteiger partial charge is 0.492 e. The fraction of sp³-hybridized carbons (Fsp3) is 0.318. The van der Waals surface area contributed by atoms with Crippen molar-refractivity contribution in [2.24, 2.45) is 0 Å². The minimum atomic E-state index is -0.324. The number of esters is 1. The van der Waals surface area contributed by atoms with Gasteiger partial charge in [0.1, 0.15) is 5.75 Å². The van der Waals surface area contributed by atoms with E-state index in [-0.39, 0.29) is 17.3 Å². The average molecular weight is 413 g/mol. The minimum absolute atomic E-state index is 0.0747. The van der Waals surface area contributed by atoms with Crippen LogP contribution in [0.2, 0.25) is 0 Å². The fourth-order valence-corrected chi connectivity index (χ4v) is 3.64. The Balaban J connectivity index is 2.03. The SMILES string of the molecule is CCCCOC(=O)CSc1nc2ccccc2c(=O)n1-c1ccccc1OCC. The molecule has 0 amide bonds. The maximum absolute atomic E-state index is 13.3. The predicted molar refractivity (Wildman–Crippen MR) is 115 cm³/mol. The lowest BCUT2D eigenvalue weighted by Crippen LogP contribution is -2.23. The molecule has 3 aromatic rings. The second-order valence-electron chi connectivity index (χ2n) is 6.32. The first-order valence-electron chi connectivity index (χ1n) is 9.68. The van der Waals surface area contributed by atoms with Gasteiger partial charge in [-0.2, -0.15) is 0 Å². The van der Waals surface area contributed by atoms with Gasteiger partial charge in [0.05, 0.1) is 35.6 Å². The molecule has 0 aliphatic rings. The van der Waals surface area contributed by atoms with E-state index >= 15 is 0 Å². The van der Waals surface area contributed by atoms with Gasteiger partial charge in [0.15, 0.2) is 5.16 Å². The van der Waals surface area contributed by atoms with Crippen LogP contribution >= 0.6 is 11.8 Å². The number of para-hydroxylation sites is 3. The Morgan fingerprint density at radius 2 is 1.86 bits per heavy atom. The van der Waals surface area contributed by atoms with Crippen molar-refractivity contribution in [2.45, 2.75) is 31.8 Å². The second kappa shape index (κ2) is 10.1. The van der Waals surface area contributed by atoms with Crippen LogP contribution in [-0.4, -0.2) is 34.5 Å². The third kappa shape index (κ3) is 4.98. The Kier molecular flexibility index (Phi) is 7.30. The number of carbonyl (C=O) groups excluding carboxylic acids is 1. The average Bonchev–Trinajstić information content (AvgIpc) is 2.73. The summed E-state index contributed by atoms with van der Waals surface area (Å²) in [6, 6.07) is 14.5. The molecule has 6 nitrogen and oxygen atoms in total. The molecule has 0 saturated carbocycles. The van der Waals surface area contributed by atoms with E-state index in [1.165, 1.54) is 16.3 Å². The summed E-state index contributed by atoms with van der Waals surface area (Å²) < 4.78 is 12.5. The van der Waals surface area contributed by atoms with Crippen LogP contribution in [0.25, 0.3) is 16.6 Å². The molecule has 152 valence electrons. The Hall–Kier alpha value is -2.80. The molecule has 1 heterocycles. The van der Waals surface area contributed by atoms with Gasteiger partial charge in [-0.1, -0.05) is 49.4 Å². The standard InChI is InChI=1S/C22H24N2O4S/c1-3-5-14-28-20(25)15-29-22-23-17-11-7-6-10-16(17)21(26)24(22)18-12-8-9-13-19(18)27-4-2/h6-13H,3-5,14-15H2,1-2H3. The second-order valence-corrected chi connectivity index (χ2v) is 7.26. The van der Waals surface area contributed by atoms with Gasteiger partial charge in [-0.05, 0) is 37.6 Å². The van der Waals surface area contributed by atoms with Crippen molar-refractivity contribution in [1.82, 2.24) is 9.55 Å². The number of thioether (sulfide) groups is 1. The minimum Gasteiger partial charge on any atom is -0.492 e. The molecule has 0 radical (unpaired) electrons. The fourth-order valence-electron chi connectivity index (χ4n) is 2.84. The smallest absolute Gasteiger partial charge is 0.316 e. The lowest BCUT2D eigenvalue weighted by molar-refractivity contribution is -0.140. The molecule has 0 aliphatic heterocycles. The molecular formula is C22H24N2O4S. The molecule has 0 spiro atoms. The van der Waals surface area contributed by atoms with Crippen LogP contribution in [-0.2, 0) is 9.53 Å². The zero-order chi connectivity index (χ0) is 20.6. The van der Waals surface area contributed by atoms with Crippen LogP contribution < -0.4 is 10.3 Å². The van der Waals surface area contributed by atoms with E-state index in [2.05, 4.69) is 4.98 Å². The van der Waals surface area contributed by atoms with E-state index in [4.69, 9.17) is 9.47 Å². The van der Waals surface area contributed by atoms with Gasteiger partial charge in [0.25, 0.3) is 5.56 Å². The molecule has 0 saturated heterocycles. The first kappa shape index (κ1) is 20.9. The molecule has 0 bridgehead atoms. The first-order valence-corrected chi connectivity index (χ1v) is 10.7. The highest BCUT2D eigenvalue weighted by Gasteiger charge is 2.17. The van der Waals surface area contributed by atoms with E-state index in [9.17, 15) is 9.59 Å². The summed E-state index contributed by atoms with van der Waals surface area (Å²) in [5.74, 6) is 0.336. The molecule has 0 N–H and O–H groups in total. The van der Waals surface area contributed by atoms with Crippen LogP contribution in [0.5, 0.6) is 5.75 Å². The van der Waals surface area contributed by atoms with Crippen molar-refractivity contribution in [3.05, 3.63) is 58.9 Å². The summed E-state index contributed by atoms with van der Waals surface area (Å²) in [5, 5.41) is 0.932. The van der Waals surface area contributed by atoms with Crippen LogP contribution in [0.4, 0.5) is 0 Å². The van der Waals surface area contributed by atoms with E-state index < -0.39 is 0 Å². The number of hydrogen-bond acceptors (Lipinski definition) is 6. The summed E-state index contributed by atoms with van der Waals surface area (Å²) in [6.45, 7) is 4.80. The molecular weight excluding hydrogens is 388 g/mol. The Labute approximate surface area is 173 Å². The highest BCUT2D eigenvalue weighted by atomic mass is 32.2. The first-order chi connectivity index (χ1) is 14.2. The lowest BCUT2D eigenvalue weighted by atomic mass is 10.2. The highest BCUT2D eigenvalue weighted by Crippen LogP contribution is 2.27. The summed E-state index contributed by atoms with van der Waals surface area (Å²) in [7, 11) is 0. The number of unbranched alkanes of at least 4 members (excludes halogenated alkanes) is 1. The molecule has 2 aromatic carbocycles. The number of aromatic nitrogens is 2. The van der Waals surface area contributed by atoms with Crippen molar-refractivity contribution < 1.29 is 14.3 Å². The number of hydrogen-bond donors (Lipinski definition) is 0. The molecule has 1 aromatic heterocycles. The maximum atomic E-state index is 13.3. The van der Waals surface area contributed by atoms with Crippen molar-refractivity contribution in [3.63, 3.8) is 0 Å². The molecule has 0 unspecified atom stereocenters. The van der Waals surface area contributed by atoms with E-state index in [0.717, 1.165) is 12.8 Å². The Bertz CT molecular complexity index is 1050. The van der Waals surface area contributed by atoms with Crippen LogP contribution in [0.1, 0.15) is 26.7 Å². The number of carbonyl (C=O) groups is 1. The van der Waals surface area contributed by atoms with Crippen molar-refractivity contribution in [3.8, 4) is 11.4 Å². The summed E-state index contributed by atoms with van der Waals surface area (Å²) in [5.41, 5.74) is 0.980. The number of fused-ring (bicyclic) bond motifs is 1. The lowest BCUT2D eigenvalue weighted by Gasteiger charge is -2.16. The van der Waals surface area contributed by atoms with Gasteiger partial charge in [0.2, 0.25) is 0 Å². The third-order valence-electron chi connectivity index (χ3n) is 4.23. The topological polar surface area (TPSA) is 70.4 Å². The number of nitrogens with zero attached hydrogens (tertiary/aromatic N) is 2. The Morgan fingerprint density at radius 1 is 1.10 bits per heavy atom. The maximum Gasteiger partial charge on any atom is 0.316 e. The van der Waals surface area contributed by atoms with E-state index in [1.807, 2.05) is 50.2 Å². The zero-order valence-electron chi connectivity index (χ0n) is 16.6. The molecule has 0 aliphatic carbocycles. The molecule has 0 fully saturated rings. The third-order valence-corrected chi connectivity index (χ3v) is 5.14. The summed E-state index contributed by atoms with van der Waals surface area (Å²) >= 11 is 1.19. The van der Waals surface area contributed by atoms with Gasteiger partial charge in [-0.3, -0.25) is 14.2 Å². The van der Waals surface area contributed by atoms with Gasteiger partial charge >= 0.3 is 5.97 Å². The van der Waals surface area contributed by atoms with Crippen molar-refractivity contribution in [2.75, 3.05) is 19.0 Å². The van der Waals surface area contributed by atoms with E-state index in [0.29, 0.717) is 40.7 Å². The number of benzene rings is 2. The van der Waals surface area contributed by atoms with E-state index in [1.54, 1.807) is 12.1 Å². The number of rotatable bonds is 9. The van der Waals surface area contributed by atoms with Crippen LogP contribution in [0, 0.1) is 0 Å². The Morgan fingerprint density at radius 3 is 2.66 bits per heavy atom.